The lowest BCUT2D eigenvalue weighted by Crippen LogP contribution is -2.34. The van der Waals surface area contributed by atoms with Gasteiger partial charge in [0.2, 0.25) is 5.78 Å². The van der Waals surface area contributed by atoms with E-state index in [2.05, 4.69) is 13.8 Å². The monoisotopic (exact) mass is 304 g/mol. The Labute approximate surface area is 129 Å². The van der Waals surface area contributed by atoms with Gasteiger partial charge in [-0.3, -0.25) is 4.79 Å². The summed E-state index contributed by atoms with van der Waals surface area (Å²) in [7, 11) is 0. The third-order valence-corrected chi connectivity index (χ3v) is 4.24. The van der Waals surface area contributed by atoms with Crippen LogP contribution in [0.5, 0.6) is 0 Å². The Morgan fingerprint density at radius 3 is 1.67 bits per heavy atom. The molecule has 1 atom stereocenters. The molecule has 0 aliphatic rings. The maximum atomic E-state index is 13.7. The van der Waals surface area contributed by atoms with Crippen molar-refractivity contribution in [2.45, 2.75) is 104 Å². The van der Waals surface area contributed by atoms with E-state index in [0.29, 0.717) is 12.8 Å². The summed E-state index contributed by atoms with van der Waals surface area (Å²) in [6.07, 6.45) is 10.6. The van der Waals surface area contributed by atoms with Gasteiger partial charge < -0.3 is 0 Å². The Balaban J connectivity index is 4.29. The van der Waals surface area contributed by atoms with Crippen LogP contribution in [0.4, 0.5) is 8.78 Å². The molecule has 21 heavy (non-hydrogen) atoms. The van der Waals surface area contributed by atoms with Crippen LogP contribution in [0.3, 0.4) is 0 Å². The van der Waals surface area contributed by atoms with Gasteiger partial charge in [0.15, 0.2) is 0 Å². The average molecular weight is 304 g/mol. The van der Waals surface area contributed by atoms with Crippen molar-refractivity contribution >= 4 is 5.78 Å². The number of hydrogen-bond acceptors (Lipinski definition) is 1. The first kappa shape index (κ1) is 20.5. The van der Waals surface area contributed by atoms with Crippen molar-refractivity contribution in [1.82, 2.24) is 0 Å². The van der Waals surface area contributed by atoms with Gasteiger partial charge in [-0.2, -0.15) is 8.78 Å². The topological polar surface area (TPSA) is 17.1 Å². The molecule has 0 aromatic heterocycles. The summed E-state index contributed by atoms with van der Waals surface area (Å²) in [6.45, 7) is 5.68. The maximum absolute atomic E-state index is 13.7. The highest BCUT2D eigenvalue weighted by molar-refractivity contribution is 5.87. The zero-order chi connectivity index (χ0) is 16.1. The zero-order valence-corrected chi connectivity index (χ0v) is 14.2. The fourth-order valence-corrected chi connectivity index (χ4v) is 2.69. The molecule has 0 rings (SSSR count). The van der Waals surface area contributed by atoms with Crippen LogP contribution in [0.25, 0.3) is 0 Å². The van der Waals surface area contributed by atoms with E-state index in [4.69, 9.17) is 0 Å². The Morgan fingerprint density at radius 2 is 1.24 bits per heavy atom. The van der Waals surface area contributed by atoms with E-state index in [-0.39, 0.29) is 6.42 Å². The van der Waals surface area contributed by atoms with Gasteiger partial charge in [0.1, 0.15) is 0 Å². The summed E-state index contributed by atoms with van der Waals surface area (Å²) in [6, 6.07) is 0. The van der Waals surface area contributed by atoms with Crippen molar-refractivity contribution in [3.8, 4) is 0 Å². The number of rotatable bonds is 14. The van der Waals surface area contributed by atoms with Crippen LogP contribution in [0.1, 0.15) is 97.8 Å². The quantitative estimate of drug-likeness (QED) is 0.333. The number of hydrogen-bond donors (Lipinski definition) is 0. The molecular weight excluding hydrogens is 270 g/mol. The Morgan fingerprint density at radius 1 is 0.810 bits per heavy atom. The van der Waals surface area contributed by atoms with E-state index in [0.717, 1.165) is 44.9 Å². The fourth-order valence-electron chi connectivity index (χ4n) is 2.69. The zero-order valence-electron chi connectivity index (χ0n) is 14.2. The molecule has 0 saturated carbocycles. The molecule has 0 bridgehead atoms. The molecule has 0 spiro atoms. The Hall–Kier alpha value is -0.470. The third kappa shape index (κ3) is 9.21. The van der Waals surface area contributed by atoms with Crippen molar-refractivity contribution in [1.29, 1.82) is 0 Å². The van der Waals surface area contributed by atoms with E-state index in [1.54, 1.807) is 0 Å². The van der Waals surface area contributed by atoms with Crippen molar-refractivity contribution in [3.63, 3.8) is 0 Å². The number of Topliss-reactive ketones (excluding diaryl/α,β-unsaturated/α-hetero) is 1. The minimum atomic E-state index is -3.13. The minimum Gasteiger partial charge on any atom is -0.293 e. The third-order valence-electron chi connectivity index (χ3n) is 4.24. The number of ketones is 1. The second-order valence-corrected chi connectivity index (χ2v) is 6.17. The van der Waals surface area contributed by atoms with Crippen LogP contribution in [0.2, 0.25) is 0 Å². The fraction of sp³-hybridized carbons (Fsp3) is 0.944. The average Bonchev–Trinajstić information content (AvgIpc) is 2.48. The number of alkyl halides is 2. The lowest BCUT2D eigenvalue weighted by Gasteiger charge is -2.21. The van der Waals surface area contributed by atoms with Crippen LogP contribution < -0.4 is 0 Å². The SMILES string of the molecule is CCCCCCCC(CCCCCC)C(=O)C(F)(F)CC. The first-order chi connectivity index (χ1) is 9.99. The van der Waals surface area contributed by atoms with E-state index in [1.807, 2.05) is 0 Å². The molecule has 0 aromatic rings. The molecular formula is C18H34F2O. The summed E-state index contributed by atoms with van der Waals surface area (Å²) < 4.78 is 27.3. The van der Waals surface area contributed by atoms with Gasteiger partial charge in [0, 0.05) is 12.3 Å². The van der Waals surface area contributed by atoms with Gasteiger partial charge in [0.25, 0.3) is 0 Å². The molecule has 3 heteroatoms. The molecule has 0 aliphatic heterocycles. The first-order valence-corrected chi connectivity index (χ1v) is 8.91. The summed E-state index contributed by atoms with van der Waals surface area (Å²) in [5, 5.41) is 0. The molecule has 0 fully saturated rings. The molecule has 0 N–H and O–H groups in total. The number of halogens is 2. The minimum absolute atomic E-state index is 0.368. The van der Waals surface area contributed by atoms with E-state index < -0.39 is 17.6 Å². The van der Waals surface area contributed by atoms with Gasteiger partial charge in [-0.1, -0.05) is 78.6 Å². The second-order valence-electron chi connectivity index (χ2n) is 6.17. The molecule has 0 aromatic carbocycles. The van der Waals surface area contributed by atoms with Crippen LogP contribution in [0, 0.1) is 5.92 Å². The first-order valence-electron chi connectivity index (χ1n) is 8.91. The van der Waals surface area contributed by atoms with Gasteiger partial charge in [-0.25, -0.2) is 0 Å². The molecule has 0 saturated heterocycles. The highest BCUT2D eigenvalue weighted by atomic mass is 19.3. The summed E-state index contributed by atoms with van der Waals surface area (Å²) in [5.41, 5.74) is 0. The molecule has 0 heterocycles. The molecule has 0 amide bonds. The normalized spacial score (nSPS) is 13.4. The standard InChI is InChI=1S/C18H34F2O/c1-4-7-9-11-13-15-16(14-12-10-8-5-2)17(21)18(19,20)6-3/h16H,4-15H2,1-3H3. The van der Waals surface area contributed by atoms with Crippen LogP contribution >= 0.6 is 0 Å². The van der Waals surface area contributed by atoms with Gasteiger partial charge in [0.05, 0.1) is 0 Å². The summed E-state index contributed by atoms with van der Waals surface area (Å²) >= 11 is 0. The van der Waals surface area contributed by atoms with Crippen molar-refractivity contribution < 1.29 is 13.6 Å². The smallest absolute Gasteiger partial charge is 0.293 e. The van der Waals surface area contributed by atoms with E-state index >= 15 is 0 Å². The summed E-state index contributed by atoms with van der Waals surface area (Å²) in [5.74, 6) is -4.37. The number of unbranched alkanes of at least 4 members (excludes halogenated alkanes) is 7. The van der Waals surface area contributed by atoms with Crippen molar-refractivity contribution in [3.05, 3.63) is 0 Å². The van der Waals surface area contributed by atoms with E-state index in [1.165, 1.54) is 19.8 Å². The molecule has 1 nitrogen and oxygen atoms in total. The van der Waals surface area contributed by atoms with Crippen molar-refractivity contribution in [2.24, 2.45) is 5.92 Å². The Kier molecular flexibility index (Phi) is 11.8. The molecule has 0 radical (unpaired) electrons. The largest absolute Gasteiger partial charge is 0.305 e. The van der Waals surface area contributed by atoms with Crippen LogP contribution in [-0.2, 0) is 4.79 Å². The van der Waals surface area contributed by atoms with Gasteiger partial charge >= 0.3 is 5.92 Å². The molecule has 1 unspecified atom stereocenters. The maximum Gasteiger partial charge on any atom is 0.305 e. The highest BCUT2D eigenvalue weighted by Gasteiger charge is 2.40. The predicted octanol–water partition coefficient (Wildman–Crippen LogP) is 6.55. The van der Waals surface area contributed by atoms with Crippen LogP contribution in [0.15, 0.2) is 0 Å². The highest BCUT2D eigenvalue weighted by Crippen LogP contribution is 2.29. The van der Waals surface area contributed by atoms with E-state index in [9.17, 15) is 13.6 Å². The van der Waals surface area contributed by atoms with Gasteiger partial charge in [-0.05, 0) is 12.8 Å². The summed E-state index contributed by atoms with van der Waals surface area (Å²) in [4.78, 5) is 12.0. The van der Waals surface area contributed by atoms with Gasteiger partial charge in [-0.15, -0.1) is 0 Å². The van der Waals surface area contributed by atoms with Crippen molar-refractivity contribution in [2.75, 3.05) is 0 Å². The number of carbonyl (C=O) groups is 1. The Bertz CT molecular complexity index is 264. The lowest BCUT2D eigenvalue weighted by molar-refractivity contribution is -0.148. The second kappa shape index (κ2) is 12.1. The number of carbonyl (C=O) groups excluding carboxylic acids is 1. The predicted molar refractivity (Wildman–Crippen MR) is 85.9 cm³/mol. The van der Waals surface area contributed by atoms with Crippen LogP contribution in [-0.4, -0.2) is 11.7 Å². The lowest BCUT2D eigenvalue weighted by atomic mass is 9.87. The molecule has 126 valence electrons. The molecule has 0 aliphatic carbocycles.